The number of rotatable bonds is 13. The highest BCUT2D eigenvalue weighted by molar-refractivity contribution is 7.12. The number of amides is 4. The van der Waals surface area contributed by atoms with Crippen LogP contribution in [0.2, 0.25) is 0 Å². The van der Waals surface area contributed by atoms with Gasteiger partial charge in [-0.2, -0.15) is 0 Å². The Balaban J connectivity index is 0.992. The number of alkyl halides is 1. The number of thiophene rings is 1. The summed E-state index contributed by atoms with van der Waals surface area (Å²) in [5.74, 6) is 0.331. The van der Waals surface area contributed by atoms with Gasteiger partial charge in [-0.05, 0) is 99.8 Å². The van der Waals surface area contributed by atoms with Gasteiger partial charge < -0.3 is 49.3 Å². The topological polar surface area (TPSA) is 215 Å². The van der Waals surface area contributed by atoms with E-state index in [-0.39, 0.29) is 48.1 Å². The minimum absolute atomic E-state index is 0.0219. The van der Waals surface area contributed by atoms with Crippen molar-refractivity contribution in [3.63, 3.8) is 0 Å². The average Bonchev–Trinajstić information content (AvgIpc) is 4.13. The number of methoxy groups -OCH3 is 2. The molecule has 5 aromatic rings. The number of alkyl carbamates (subject to hydrolysis) is 2. The first-order valence-corrected chi connectivity index (χ1v) is 25.9. The number of carbonyl (C=O) groups is 5. The number of nitrogens with zero attached hydrogens (tertiary/aromatic N) is 5. The number of aromatic nitrogens is 5. The summed E-state index contributed by atoms with van der Waals surface area (Å²) in [5.41, 5.74) is 2.11. The van der Waals surface area contributed by atoms with Crippen LogP contribution in [-0.4, -0.2) is 109 Å². The minimum atomic E-state index is -1.93. The van der Waals surface area contributed by atoms with Gasteiger partial charge in [0.25, 0.3) is 0 Å². The molecule has 2 saturated heterocycles. The molecule has 20 heteroatoms. The Kier molecular flexibility index (Phi) is 13.0. The summed E-state index contributed by atoms with van der Waals surface area (Å²) in [7, 11) is 2.54. The number of hydrogen-bond donors (Lipinski definition) is 4. The number of imidazole rings is 2. The van der Waals surface area contributed by atoms with E-state index in [1.807, 2.05) is 74.7 Å². The van der Waals surface area contributed by atoms with Crippen molar-refractivity contribution in [1.82, 2.24) is 44.9 Å². The summed E-state index contributed by atoms with van der Waals surface area (Å²) in [6.45, 7) is 11.5. The van der Waals surface area contributed by atoms with Crippen molar-refractivity contribution in [3.8, 4) is 11.4 Å². The fourth-order valence-electron chi connectivity index (χ4n) is 11.1. The van der Waals surface area contributed by atoms with Crippen LogP contribution in [-0.2, 0) is 38.9 Å². The third kappa shape index (κ3) is 9.15. The van der Waals surface area contributed by atoms with Crippen LogP contribution in [0.5, 0.6) is 0 Å². The number of hydrogen-bond acceptors (Lipinski definition) is 12. The van der Waals surface area contributed by atoms with Crippen LogP contribution in [0, 0.1) is 11.8 Å². The molecule has 4 N–H and O–H groups in total. The standard InChI is InChI=1S/C53H62FN9O9S/c1-27(2)43(59-50(67)69-7)47(65)61-19-9-11-36(61)33-25-55-45(57-33)30-13-14-35-31(21-30)22-38-42-39(71-49(63(35)38)40-15-16-41(73-40)53(17-18-53)72-29(5)64)23-32(24-52(42,6)54)46-56-26-34(58-46)37-12-10-20-62(37)48(66)44(28(3)4)60-51(68)70-8/h13-16,21-23,25-28,36-37,43-44,49H,9-12,17-20,24H2,1-8H3,(H,55,57)(H,56,58)(H,59,67)(H,60,68)/t36-,37+,43-,44-,49?,52?/m0/s1. The van der Waals surface area contributed by atoms with E-state index in [1.54, 1.807) is 29.1 Å². The maximum Gasteiger partial charge on any atom is 0.407 e. The monoisotopic (exact) mass is 1020 g/mol. The third-order valence-electron chi connectivity index (χ3n) is 14.9. The zero-order valence-corrected chi connectivity index (χ0v) is 43.1. The second-order valence-corrected chi connectivity index (χ2v) is 21.8. The van der Waals surface area contributed by atoms with Crippen LogP contribution >= 0.6 is 11.3 Å². The van der Waals surface area contributed by atoms with Crippen LogP contribution in [0.4, 0.5) is 14.0 Å². The Morgan fingerprint density at radius 2 is 1.42 bits per heavy atom. The molecule has 0 radical (unpaired) electrons. The summed E-state index contributed by atoms with van der Waals surface area (Å²) in [4.78, 5) is 86.1. The van der Waals surface area contributed by atoms with E-state index in [0.29, 0.717) is 59.5 Å². The van der Waals surface area contributed by atoms with E-state index in [9.17, 15) is 24.0 Å². The molecule has 4 aromatic heterocycles. The van der Waals surface area contributed by atoms with Gasteiger partial charge in [0.2, 0.25) is 18.0 Å². The molecular formula is C53H62FN9O9S. The van der Waals surface area contributed by atoms with Crippen molar-refractivity contribution in [2.45, 2.75) is 128 Å². The summed E-state index contributed by atoms with van der Waals surface area (Å²) in [6.07, 6.45) is 7.63. The maximum absolute atomic E-state index is 17.9. The molecule has 3 aliphatic heterocycles. The first kappa shape index (κ1) is 49.6. The van der Waals surface area contributed by atoms with Crippen LogP contribution in [0.1, 0.15) is 137 Å². The Morgan fingerprint density at radius 3 is 1.99 bits per heavy atom. The quantitative estimate of drug-likeness (QED) is 0.0645. The largest absolute Gasteiger partial charge is 0.465 e. The molecule has 2 unspecified atom stereocenters. The summed E-state index contributed by atoms with van der Waals surface area (Å²) >= 11 is 1.50. The van der Waals surface area contributed by atoms with Gasteiger partial charge in [0.05, 0.1) is 71.7 Å². The van der Waals surface area contributed by atoms with Gasteiger partial charge in [-0.3, -0.25) is 19.0 Å². The first-order chi connectivity index (χ1) is 34.9. The number of esters is 1. The number of H-pyrrole nitrogens is 2. The van der Waals surface area contributed by atoms with Crippen molar-refractivity contribution in [2.24, 2.45) is 11.8 Å². The van der Waals surface area contributed by atoms with E-state index >= 15 is 4.39 Å². The lowest BCUT2D eigenvalue weighted by Gasteiger charge is -2.37. The number of nitrogens with one attached hydrogen (secondary N) is 4. The van der Waals surface area contributed by atoms with Crippen LogP contribution in [0.25, 0.3) is 33.4 Å². The smallest absolute Gasteiger partial charge is 0.407 e. The van der Waals surface area contributed by atoms with Gasteiger partial charge in [-0.15, -0.1) is 11.3 Å². The van der Waals surface area contributed by atoms with Gasteiger partial charge in [-0.25, -0.2) is 23.9 Å². The Morgan fingerprint density at radius 1 is 0.836 bits per heavy atom. The molecule has 0 bridgehead atoms. The third-order valence-corrected chi connectivity index (χ3v) is 16.2. The molecule has 18 nitrogen and oxygen atoms in total. The van der Waals surface area contributed by atoms with E-state index < -0.39 is 41.8 Å². The lowest BCUT2D eigenvalue weighted by Crippen LogP contribution is -2.51. The number of halogens is 1. The lowest BCUT2D eigenvalue weighted by atomic mass is 9.82. The molecule has 5 aliphatic rings. The van der Waals surface area contributed by atoms with Crippen LogP contribution in [0.15, 0.2) is 60.6 Å². The van der Waals surface area contributed by atoms with Gasteiger partial charge in [0.15, 0.2) is 0 Å². The highest BCUT2D eigenvalue weighted by atomic mass is 32.1. The highest BCUT2D eigenvalue weighted by Crippen LogP contribution is 2.55. The van der Waals surface area contributed by atoms with Crippen molar-refractivity contribution in [1.29, 1.82) is 0 Å². The van der Waals surface area contributed by atoms with Crippen molar-refractivity contribution < 1.29 is 47.3 Å². The molecule has 6 atom stereocenters. The number of benzene rings is 1. The molecule has 10 rings (SSSR count). The van der Waals surface area contributed by atoms with Crippen molar-refractivity contribution in [2.75, 3.05) is 27.3 Å². The second-order valence-electron chi connectivity index (χ2n) is 20.7. The zero-order chi connectivity index (χ0) is 51.7. The zero-order valence-electron chi connectivity index (χ0n) is 42.3. The Hall–Kier alpha value is -6.96. The molecule has 3 fully saturated rings. The van der Waals surface area contributed by atoms with Gasteiger partial charge in [0, 0.05) is 47.8 Å². The predicted octanol–water partition coefficient (Wildman–Crippen LogP) is 8.96. The summed E-state index contributed by atoms with van der Waals surface area (Å²) < 4.78 is 42.4. The molecule has 1 saturated carbocycles. The predicted molar refractivity (Wildman–Crippen MR) is 269 cm³/mol. The number of ether oxygens (including phenoxy) is 4. The molecule has 73 heavy (non-hydrogen) atoms. The van der Waals surface area contributed by atoms with Gasteiger partial charge in [0.1, 0.15) is 40.8 Å². The maximum atomic E-state index is 17.9. The Labute approximate surface area is 426 Å². The second kappa shape index (κ2) is 19.1. The fraction of sp³-hybridized carbons (Fsp3) is 0.491. The van der Waals surface area contributed by atoms with Crippen LogP contribution in [0.3, 0.4) is 0 Å². The molecule has 2 aliphatic carbocycles. The van der Waals surface area contributed by atoms with Gasteiger partial charge in [-0.1, -0.05) is 27.7 Å². The number of fused-ring (bicyclic) bond motifs is 4. The van der Waals surface area contributed by atoms with E-state index in [1.165, 1.54) is 32.5 Å². The highest BCUT2D eigenvalue weighted by Gasteiger charge is 2.50. The number of aromatic amines is 2. The molecule has 386 valence electrons. The number of likely N-dealkylation sites (tertiary alicyclic amines) is 2. The molecule has 1 aromatic carbocycles. The Bertz CT molecular complexity index is 3070. The van der Waals surface area contributed by atoms with Crippen molar-refractivity contribution in [3.05, 3.63) is 93.3 Å². The minimum Gasteiger partial charge on any atom is -0.465 e. The molecule has 0 spiro atoms. The van der Waals surface area contributed by atoms with Gasteiger partial charge >= 0.3 is 18.2 Å². The van der Waals surface area contributed by atoms with Crippen molar-refractivity contribution >= 4 is 63.4 Å². The summed E-state index contributed by atoms with van der Waals surface area (Å²) in [5, 5.41) is 6.23. The van der Waals surface area contributed by atoms with E-state index in [2.05, 4.69) is 20.6 Å². The molecule has 4 amide bonds. The lowest BCUT2D eigenvalue weighted by molar-refractivity contribution is -0.148. The number of allylic oxidation sites excluding steroid dienone is 3. The van der Waals surface area contributed by atoms with E-state index in [4.69, 9.17) is 28.9 Å². The molecule has 7 heterocycles. The normalized spacial score (nSPS) is 22.9. The SMILES string of the molecule is COC(=O)N[C@H](C(=O)N1CCC[C@@H]1c1cnc(C2=CC3=C(c4cc5cc(-c6ncc([C@@H]7CCCN7C(=O)[C@@H](NC(=O)OC)C(C)C)[nH]6)ccc5n4C(c4ccc(C5(OC(C)=O)CC5)s4)O3)C(C)(F)C2)[nH]1)C(C)C. The summed E-state index contributed by atoms with van der Waals surface area (Å²) in [6, 6.07) is 9.80. The van der Waals surface area contributed by atoms with E-state index in [0.717, 1.165) is 64.0 Å². The number of carbonyl (C=O) groups excluding carboxylic acids is 5. The fourth-order valence-corrected chi connectivity index (χ4v) is 12.3. The first-order valence-electron chi connectivity index (χ1n) is 25.1. The van der Waals surface area contributed by atoms with Crippen LogP contribution < -0.4 is 10.6 Å². The molecular weight excluding hydrogens is 958 g/mol. The average molecular weight is 1020 g/mol.